The molecule has 2 N–H and O–H groups in total. The number of ether oxygens (including phenoxy) is 2. The van der Waals surface area contributed by atoms with E-state index in [1.165, 1.54) is 11.6 Å². The first-order valence-electron chi connectivity index (χ1n) is 13.2. The minimum absolute atomic E-state index is 0.00407. The molecule has 3 unspecified atom stereocenters. The number of aromatic nitrogens is 1. The van der Waals surface area contributed by atoms with Gasteiger partial charge in [0.2, 0.25) is 5.91 Å². The van der Waals surface area contributed by atoms with Crippen molar-refractivity contribution in [3.8, 4) is 0 Å². The number of amides is 1. The predicted molar refractivity (Wildman–Crippen MR) is 130 cm³/mol. The lowest BCUT2D eigenvalue weighted by atomic mass is 9.97. The summed E-state index contributed by atoms with van der Waals surface area (Å²) in [5.41, 5.74) is 3.35. The number of H-pyrrole nitrogens is 1. The van der Waals surface area contributed by atoms with Gasteiger partial charge in [-0.3, -0.25) is 14.6 Å². The Kier molecular flexibility index (Phi) is 6.77. The molecule has 6 rings (SSSR count). The van der Waals surface area contributed by atoms with E-state index >= 15 is 0 Å². The lowest BCUT2D eigenvalue weighted by Gasteiger charge is -2.30. The molecule has 200 valence electrons. The van der Waals surface area contributed by atoms with Gasteiger partial charge in [0.1, 0.15) is 0 Å². The highest BCUT2D eigenvalue weighted by Crippen LogP contribution is 2.36. The van der Waals surface area contributed by atoms with Gasteiger partial charge in [0, 0.05) is 50.7 Å². The standard InChI is InChI=1S/C27H33F3N4O3/c28-27(29,30)20-3-1-17-6-9-33(12-19(17)11-20)15-25(35)32-22-13-34(21-7-10-36-16-21)14-24(22)37-23-4-2-18-5-8-31-26(18)23/h1,3,5,8,11,21-24,31H,2,4,6-7,9-10,12-16H2,(H,32,35)/t21?,22?,23?,24-/m0/s1. The van der Waals surface area contributed by atoms with Crippen LogP contribution in [0.1, 0.15) is 46.9 Å². The van der Waals surface area contributed by atoms with Crippen molar-refractivity contribution in [1.82, 2.24) is 20.1 Å². The lowest BCUT2D eigenvalue weighted by molar-refractivity contribution is -0.137. The topological polar surface area (TPSA) is 69.8 Å². The van der Waals surface area contributed by atoms with Crippen LogP contribution in [0.4, 0.5) is 13.2 Å². The lowest BCUT2D eigenvalue weighted by Crippen LogP contribution is -2.48. The van der Waals surface area contributed by atoms with Crippen LogP contribution >= 0.6 is 0 Å². The summed E-state index contributed by atoms with van der Waals surface area (Å²) in [5.74, 6) is -0.120. The maximum atomic E-state index is 13.2. The number of hydrogen-bond acceptors (Lipinski definition) is 5. The summed E-state index contributed by atoms with van der Waals surface area (Å²) in [6.07, 6.45) is 0.957. The van der Waals surface area contributed by atoms with E-state index in [4.69, 9.17) is 9.47 Å². The number of carbonyl (C=O) groups excluding carboxylic acids is 1. The van der Waals surface area contributed by atoms with Gasteiger partial charge in [0.15, 0.2) is 0 Å². The number of hydrogen-bond donors (Lipinski definition) is 2. The van der Waals surface area contributed by atoms with E-state index < -0.39 is 11.7 Å². The Bertz CT molecular complexity index is 1130. The van der Waals surface area contributed by atoms with Crippen molar-refractivity contribution in [3.05, 3.63) is 58.4 Å². The number of likely N-dealkylation sites (tertiary alicyclic amines) is 1. The fourth-order valence-electron chi connectivity index (χ4n) is 6.28. The van der Waals surface area contributed by atoms with Crippen LogP contribution in [-0.2, 0) is 39.8 Å². The summed E-state index contributed by atoms with van der Waals surface area (Å²) in [6.45, 7) is 4.01. The van der Waals surface area contributed by atoms with Crippen molar-refractivity contribution < 1.29 is 27.4 Å². The van der Waals surface area contributed by atoms with E-state index in [-0.39, 0.29) is 30.7 Å². The normalized spacial score (nSPS) is 28.4. The molecule has 0 bridgehead atoms. The first kappa shape index (κ1) is 24.9. The number of nitrogens with zero attached hydrogens (tertiary/aromatic N) is 2. The minimum atomic E-state index is -4.37. The van der Waals surface area contributed by atoms with Crippen LogP contribution in [0.25, 0.3) is 0 Å². The number of alkyl halides is 3. The Hall–Kier alpha value is -2.40. The number of aryl methyl sites for hydroxylation is 1. The third-order valence-corrected chi connectivity index (χ3v) is 8.26. The molecule has 37 heavy (non-hydrogen) atoms. The molecule has 4 heterocycles. The van der Waals surface area contributed by atoms with Crippen molar-refractivity contribution in [3.63, 3.8) is 0 Å². The fraction of sp³-hybridized carbons (Fsp3) is 0.593. The van der Waals surface area contributed by atoms with E-state index in [0.717, 1.165) is 49.7 Å². The van der Waals surface area contributed by atoms with Gasteiger partial charge in [-0.05, 0) is 60.6 Å². The molecule has 3 aliphatic heterocycles. The third kappa shape index (κ3) is 5.30. The fourth-order valence-corrected chi connectivity index (χ4v) is 6.28. The minimum Gasteiger partial charge on any atom is -0.380 e. The second kappa shape index (κ2) is 10.1. The number of halogens is 3. The highest BCUT2D eigenvalue weighted by atomic mass is 19.4. The SMILES string of the molecule is O=C(CN1CCc2ccc(C(F)(F)F)cc2C1)NC1CN(C2CCOC2)C[C@@H]1OC1CCc2cc[nH]c21. The molecule has 1 aromatic carbocycles. The Morgan fingerprint density at radius 2 is 2.03 bits per heavy atom. The van der Waals surface area contributed by atoms with Crippen molar-refractivity contribution >= 4 is 5.91 Å². The molecule has 1 amide bonds. The first-order valence-corrected chi connectivity index (χ1v) is 13.2. The predicted octanol–water partition coefficient (Wildman–Crippen LogP) is 3.05. The molecule has 0 radical (unpaired) electrons. The average Bonchev–Trinajstić information content (AvgIpc) is 3.65. The average molecular weight is 519 g/mol. The molecular weight excluding hydrogens is 485 g/mol. The summed E-state index contributed by atoms with van der Waals surface area (Å²) < 4.78 is 51.7. The maximum absolute atomic E-state index is 13.2. The highest BCUT2D eigenvalue weighted by Gasteiger charge is 2.41. The second-order valence-electron chi connectivity index (χ2n) is 10.7. The van der Waals surface area contributed by atoms with E-state index in [1.807, 2.05) is 11.1 Å². The third-order valence-electron chi connectivity index (χ3n) is 8.26. The number of nitrogens with one attached hydrogen (secondary N) is 2. The van der Waals surface area contributed by atoms with Gasteiger partial charge >= 0.3 is 6.18 Å². The number of fused-ring (bicyclic) bond motifs is 2. The molecule has 2 saturated heterocycles. The maximum Gasteiger partial charge on any atom is 0.416 e. The molecule has 2 fully saturated rings. The second-order valence-corrected chi connectivity index (χ2v) is 10.7. The van der Waals surface area contributed by atoms with Crippen molar-refractivity contribution in [2.45, 2.75) is 62.7 Å². The summed E-state index contributed by atoms with van der Waals surface area (Å²) >= 11 is 0. The Labute approximate surface area is 214 Å². The van der Waals surface area contributed by atoms with Crippen molar-refractivity contribution in [2.75, 3.05) is 39.4 Å². The van der Waals surface area contributed by atoms with Gasteiger partial charge in [-0.1, -0.05) is 6.07 Å². The largest absolute Gasteiger partial charge is 0.416 e. The number of rotatable bonds is 6. The van der Waals surface area contributed by atoms with Crippen LogP contribution in [0.15, 0.2) is 30.5 Å². The van der Waals surface area contributed by atoms with Gasteiger partial charge < -0.3 is 19.8 Å². The molecule has 0 spiro atoms. The van der Waals surface area contributed by atoms with Gasteiger partial charge in [0.25, 0.3) is 0 Å². The van der Waals surface area contributed by atoms with Gasteiger partial charge in [0.05, 0.1) is 37.0 Å². The van der Waals surface area contributed by atoms with Gasteiger partial charge in [-0.15, -0.1) is 0 Å². The molecule has 0 saturated carbocycles. The Morgan fingerprint density at radius 3 is 2.84 bits per heavy atom. The van der Waals surface area contributed by atoms with Gasteiger partial charge in [-0.25, -0.2) is 0 Å². The molecule has 10 heteroatoms. The Balaban J connectivity index is 1.10. The summed E-state index contributed by atoms with van der Waals surface area (Å²) in [5, 5.41) is 3.20. The Morgan fingerprint density at radius 1 is 1.14 bits per heavy atom. The zero-order valence-electron chi connectivity index (χ0n) is 20.7. The van der Waals surface area contributed by atoms with Crippen molar-refractivity contribution in [2.24, 2.45) is 0 Å². The number of carbonyl (C=O) groups is 1. The number of benzene rings is 1. The summed E-state index contributed by atoms with van der Waals surface area (Å²) in [7, 11) is 0. The van der Waals surface area contributed by atoms with Crippen LogP contribution in [0, 0.1) is 0 Å². The molecule has 1 aromatic heterocycles. The highest BCUT2D eigenvalue weighted by molar-refractivity contribution is 5.78. The van der Waals surface area contributed by atoms with Crippen LogP contribution in [-0.4, -0.2) is 78.3 Å². The monoisotopic (exact) mass is 518 g/mol. The molecular formula is C27H33F3N4O3. The molecule has 4 aliphatic rings. The number of aromatic amines is 1. The van der Waals surface area contributed by atoms with E-state index in [1.54, 1.807) is 6.07 Å². The van der Waals surface area contributed by atoms with Crippen molar-refractivity contribution in [1.29, 1.82) is 0 Å². The van der Waals surface area contributed by atoms with Crippen LogP contribution < -0.4 is 5.32 Å². The molecule has 2 aromatic rings. The summed E-state index contributed by atoms with van der Waals surface area (Å²) in [4.78, 5) is 20.7. The molecule has 7 nitrogen and oxygen atoms in total. The first-order chi connectivity index (χ1) is 17.8. The summed E-state index contributed by atoms with van der Waals surface area (Å²) in [6, 6.07) is 6.21. The van der Waals surface area contributed by atoms with E-state index in [2.05, 4.69) is 21.3 Å². The quantitative estimate of drug-likeness (QED) is 0.616. The van der Waals surface area contributed by atoms with E-state index in [9.17, 15) is 18.0 Å². The van der Waals surface area contributed by atoms with Crippen LogP contribution in [0.2, 0.25) is 0 Å². The van der Waals surface area contributed by atoms with Gasteiger partial charge in [-0.2, -0.15) is 13.2 Å². The molecule has 1 aliphatic carbocycles. The zero-order chi connectivity index (χ0) is 25.6. The smallest absolute Gasteiger partial charge is 0.380 e. The van der Waals surface area contributed by atoms with Crippen LogP contribution in [0.5, 0.6) is 0 Å². The molecule has 4 atom stereocenters. The zero-order valence-corrected chi connectivity index (χ0v) is 20.7. The van der Waals surface area contributed by atoms with E-state index in [0.29, 0.717) is 44.3 Å². The van der Waals surface area contributed by atoms with Crippen LogP contribution in [0.3, 0.4) is 0 Å².